The van der Waals surface area contributed by atoms with Crippen LogP contribution in [-0.2, 0) is 9.59 Å². The van der Waals surface area contributed by atoms with Crippen LogP contribution in [0.1, 0.15) is 18.5 Å². The first-order chi connectivity index (χ1) is 15.2. The molecule has 1 aromatic carbocycles. The molecule has 4 rings (SSSR count). The molecule has 31 heavy (non-hydrogen) atoms. The normalized spacial score (nSPS) is 16.3. The second kappa shape index (κ2) is 9.71. The van der Waals surface area contributed by atoms with Crippen LogP contribution in [0.2, 0.25) is 0 Å². The van der Waals surface area contributed by atoms with Gasteiger partial charge >= 0.3 is 0 Å². The molecule has 2 N–H and O–H groups in total. The van der Waals surface area contributed by atoms with Crippen molar-refractivity contribution in [2.45, 2.75) is 12.8 Å². The number of imidazole rings is 1. The van der Waals surface area contributed by atoms with Crippen molar-refractivity contribution < 1.29 is 14.3 Å². The standard InChI is InChI=1S/C23H23N5O3/c29-22(10-9-18-13-25-16-26-18)28-12-4-5-17(15-28)23(30)27-20-7-1-2-8-21(20)31-19-6-3-11-24-14-19/h1-3,6-11,13-14,16-17H,4-5,12,15H2,(H,25,26)(H,27,30)/b10-9+/t17-/m1/s1. The summed E-state index contributed by atoms with van der Waals surface area (Å²) in [4.78, 5) is 38.1. The van der Waals surface area contributed by atoms with Crippen molar-refractivity contribution >= 4 is 23.6 Å². The Hall–Kier alpha value is -3.94. The Morgan fingerprint density at radius 3 is 2.87 bits per heavy atom. The number of carbonyl (C=O) groups is 2. The fourth-order valence-electron chi connectivity index (χ4n) is 3.44. The van der Waals surface area contributed by atoms with Crippen LogP contribution in [0.25, 0.3) is 6.08 Å². The van der Waals surface area contributed by atoms with Gasteiger partial charge in [-0.3, -0.25) is 14.6 Å². The minimum absolute atomic E-state index is 0.118. The molecule has 0 spiro atoms. The number of hydrogen-bond acceptors (Lipinski definition) is 5. The quantitative estimate of drug-likeness (QED) is 0.598. The van der Waals surface area contributed by atoms with Crippen LogP contribution < -0.4 is 10.1 Å². The first kappa shape index (κ1) is 20.3. The molecular weight excluding hydrogens is 394 g/mol. The Balaban J connectivity index is 1.39. The second-order valence-electron chi connectivity index (χ2n) is 7.24. The van der Waals surface area contributed by atoms with Crippen molar-refractivity contribution in [2.75, 3.05) is 18.4 Å². The zero-order valence-corrected chi connectivity index (χ0v) is 16.9. The molecule has 0 radical (unpaired) electrons. The van der Waals surface area contributed by atoms with E-state index in [2.05, 4.69) is 20.3 Å². The average Bonchev–Trinajstić information content (AvgIpc) is 3.33. The molecule has 1 saturated heterocycles. The van der Waals surface area contributed by atoms with E-state index in [1.165, 1.54) is 6.08 Å². The van der Waals surface area contributed by atoms with Crippen LogP contribution >= 0.6 is 0 Å². The van der Waals surface area contributed by atoms with Crippen LogP contribution in [0, 0.1) is 5.92 Å². The summed E-state index contributed by atoms with van der Waals surface area (Å²) in [5, 5.41) is 2.96. The molecule has 8 heteroatoms. The van der Waals surface area contributed by atoms with Crippen molar-refractivity contribution in [3.8, 4) is 11.5 Å². The number of amides is 2. The fraction of sp³-hybridized carbons (Fsp3) is 0.217. The first-order valence-electron chi connectivity index (χ1n) is 10.1. The Morgan fingerprint density at radius 2 is 2.06 bits per heavy atom. The van der Waals surface area contributed by atoms with Gasteiger partial charge in [0.1, 0.15) is 5.75 Å². The number of nitrogens with one attached hydrogen (secondary N) is 2. The number of pyridine rings is 1. The maximum atomic E-state index is 12.9. The number of benzene rings is 1. The van der Waals surface area contributed by atoms with Crippen LogP contribution in [0.15, 0.2) is 67.4 Å². The van der Waals surface area contributed by atoms with Crippen molar-refractivity contribution in [2.24, 2.45) is 5.92 Å². The van der Waals surface area contributed by atoms with E-state index in [1.807, 2.05) is 12.1 Å². The molecular formula is C23H23N5O3. The third-order valence-electron chi connectivity index (χ3n) is 5.04. The van der Waals surface area contributed by atoms with Crippen molar-refractivity contribution in [1.29, 1.82) is 0 Å². The predicted octanol–water partition coefficient (Wildman–Crippen LogP) is 3.49. The SMILES string of the molecule is O=C(Nc1ccccc1Oc1cccnc1)[C@@H]1CCCN(C(=O)/C=C/c2cnc[nH]2)C1. The Bertz CT molecular complexity index is 1050. The largest absolute Gasteiger partial charge is 0.454 e. The Kier molecular flexibility index (Phi) is 6.37. The summed E-state index contributed by atoms with van der Waals surface area (Å²) in [5.41, 5.74) is 1.34. The molecule has 1 aliphatic rings. The predicted molar refractivity (Wildman–Crippen MR) is 116 cm³/mol. The van der Waals surface area contributed by atoms with Gasteiger partial charge in [0, 0.05) is 25.4 Å². The van der Waals surface area contributed by atoms with Gasteiger partial charge < -0.3 is 19.9 Å². The first-order valence-corrected chi connectivity index (χ1v) is 10.1. The number of hydrogen-bond donors (Lipinski definition) is 2. The number of carbonyl (C=O) groups excluding carboxylic acids is 2. The van der Waals surface area contributed by atoms with Gasteiger partial charge in [0.05, 0.1) is 36.0 Å². The molecule has 158 valence electrons. The number of aromatic amines is 1. The lowest BCUT2D eigenvalue weighted by atomic mass is 9.97. The number of piperidine rings is 1. The monoisotopic (exact) mass is 417 g/mol. The lowest BCUT2D eigenvalue weighted by Crippen LogP contribution is -2.43. The summed E-state index contributed by atoms with van der Waals surface area (Å²) in [5.74, 6) is 0.590. The third-order valence-corrected chi connectivity index (χ3v) is 5.04. The van der Waals surface area contributed by atoms with Crippen LogP contribution in [0.3, 0.4) is 0 Å². The van der Waals surface area contributed by atoms with Crippen LogP contribution in [-0.4, -0.2) is 44.8 Å². The average molecular weight is 417 g/mol. The van der Waals surface area contributed by atoms with E-state index in [4.69, 9.17) is 4.74 Å². The number of para-hydroxylation sites is 2. The van der Waals surface area contributed by atoms with E-state index in [-0.39, 0.29) is 17.7 Å². The number of aromatic nitrogens is 3. The second-order valence-corrected chi connectivity index (χ2v) is 7.24. The van der Waals surface area contributed by atoms with Crippen molar-refractivity contribution in [3.05, 3.63) is 73.1 Å². The van der Waals surface area contributed by atoms with Gasteiger partial charge in [0.25, 0.3) is 0 Å². The van der Waals surface area contributed by atoms with Crippen LogP contribution in [0.4, 0.5) is 5.69 Å². The smallest absolute Gasteiger partial charge is 0.246 e. The molecule has 8 nitrogen and oxygen atoms in total. The number of ether oxygens (including phenoxy) is 1. The van der Waals surface area contributed by atoms with E-state index < -0.39 is 0 Å². The Morgan fingerprint density at radius 1 is 1.16 bits per heavy atom. The van der Waals surface area contributed by atoms with Crippen molar-refractivity contribution in [1.82, 2.24) is 19.9 Å². The molecule has 1 atom stereocenters. The third kappa shape index (κ3) is 5.36. The van der Waals surface area contributed by atoms with Crippen molar-refractivity contribution in [3.63, 3.8) is 0 Å². The number of rotatable bonds is 6. The number of H-pyrrole nitrogens is 1. The van der Waals surface area contributed by atoms with Gasteiger partial charge in [-0.1, -0.05) is 12.1 Å². The highest BCUT2D eigenvalue weighted by Gasteiger charge is 2.28. The topological polar surface area (TPSA) is 100 Å². The summed E-state index contributed by atoms with van der Waals surface area (Å²) in [7, 11) is 0. The van der Waals surface area contributed by atoms with Crippen LogP contribution in [0.5, 0.6) is 11.5 Å². The molecule has 0 saturated carbocycles. The number of likely N-dealkylation sites (tertiary alicyclic amines) is 1. The summed E-state index contributed by atoms with van der Waals surface area (Å²) < 4.78 is 5.87. The van der Waals surface area contributed by atoms with Gasteiger partial charge in [-0.05, 0) is 43.2 Å². The highest BCUT2D eigenvalue weighted by molar-refractivity contribution is 5.95. The van der Waals surface area contributed by atoms with Gasteiger partial charge in [0.15, 0.2) is 5.75 Å². The molecule has 1 fully saturated rings. The molecule has 2 amide bonds. The Labute approximate surface area is 180 Å². The molecule has 3 heterocycles. The van der Waals surface area contributed by atoms with Gasteiger partial charge in [-0.15, -0.1) is 0 Å². The summed E-state index contributed by atoms with van der Waals surface area (Å²) in [6.45, 7) is 1.01. The molecule has 0 aliphatic carbocycles. The zero-order valence-electron chi connectivity index (χ0n) is 16.9. The molecule has 1 aliphatic heterocycles. The lowest BCUT2D eigenvalue weighted by Gasteiger charge is -2.31. The van der Waals surface area contributed by atoms with E-state index in [0.717, 1.165) is 18.5 Å². The molecule has 2 aromatic heterocycles. The maximum absolute atomic E-state index is 12.9. The van der Waals surface area contributed by atoms with E-state index in [0.29, 0.717) is 30.3 Å². The molecule has 0 unspecified atom stereocenters. The zero-order chi connectivity index (χ0) is 21.5. The highest BCUT2D eigenvalue weighted by Crippen LogP contribution is 2.30. The summed E-state index contributed by atoms with van der Waals surface area (Å²) >= 11 is 0. The number of anilines is 1. The fourth-order valence-corrected chi connectivity index (χ4v) is 3.44. The van der Waals surface area contributed by atoms with Gasteiger partial charge in [-0.2, -0.15) is 0 Å². The molecule has 3 aromatic rings. The highest BCUT2D eigenvalue weighted by atomic mass is 16.5. The minimum Gasteiger partial charge on any atom is -0.454 e. The minimum atomic E-state index is -0.287. The van der Waals surface area contributed by atoms with E-state index in [1.54, 1.807) is 60.2 Å². The van der Waals surface area contributed by atoms with E-state index in [9.17, 15) is 9.59 Å². The van der Waals surface area contributed by atoms with Gasteiger partial charge in [0.2, 0.25) is 11.8 Å². The summed E-state index contributed by atoms with van der Waals surface area (Å²) in [6, 6.07) is 10.8. The maximum Gasteiger partial charge on any atom is 0.246 e. The lowest BCUT2D eigenvalue weighted by molar-refractivity contribution is -0.130. The summed E-state index contributed by atoms with van der Waals surface area (Å²) in [6.07, 6.45) is 11.2. The number of nitrogens with zero attached hydrogens (tertiary/aromatic N) is 3. The molecule has 0 bridgehead atoms. The van der Waals surface area contributed by atoms with E-state index >= 15 is 0 Å². The van der Waals surface area contributed by atoms with Gasteiger partial charge in [-0.25, -0.2) is 4.98 Å².